The van der Waals surface area contributed by atoms with Gasteiger partial charge in [0.15, 0.2) is 0 Å². The number of nitrogens with one attached hydrogen (secondary N) is 1. The van der Waals surface area contributed by atoms with Crippen molar-refractivity contribution in [2.75, 3.05) is 5.32 Å². The predicted octanol–water partition coefficient (Wildman–Crippen LogP) is 4.00. The maximum Gasteiger partial charge on any atom is 0.412 e. The summed E-state index contributed by atoms with van der Waals surface area (Å²) in [7, 11) is 0. The van der Waals surface area contributed by atoms with Crippen LogP contribution in [0.2, 0.25) is 0 Å². The zero-order chi connectivity index (χ0) is 17.8. The molecule has 0 aromatic heterocycles. The molecule has 1 aromatic carbocycles. The molecule has 128 valence electrons. The Morgan fingerprint density at radius 3 is 2.39 bits per heavy atom. The number of aliphatic carboxylic acids is 1. The molecule has 0 radical (unpaired) electrons. The van der Waals surface area contributed by atoms with E-state index in [2.05, 4.69) is 5.32 Å². The Morgan fingerprint density at radius 2 is 1.91 bits per heavy atom. The number of carbonyl (C=O) groups excluding carboxylic acids is 1. The first kappa shape index (κ1) is 18.8. The SMILES string of the molecule is CC(C)(C)OC(=O)Nc1ccc(F)cc1C(CC(=O)O)C(F)F. The van der Waals surface area contributed by atoms with Crippen molar-refractivity contribution in [3.63, 3.8) is 0 Å². The molecule has 0 aliphatic heterocycles. The van der Waals surface area contributed by atoms with E-state index in [4.69, 9.17) is 9.84 Å². The number of hydrogen-bond acceptors (Lipinski definition) is 3. The lowest BCUT2D eigenvalue weighted by Gasteiger charge is -2.22. The number of anilines is 1. The fraction of sp³-hybridized carbons (Fsp3) is 0.467. The maximum absolute atomic E-state index is 13.4. The normalized spacial score (nSPS) is 12.8. The summed E-state index contributed by atoms with van der Waals surface area (Å²) in [5.74, 6) is -4.03. The van der Waals surface area contributed by atoms with E-state index in [1.807, 2.05) is 0 Å². The van der Waals surface area contributed by atoms with Gasteiger partial charge in [0.1, 0.15) is 11.4 Å². The maximum atomic E-state index is 13.4. The van der Waals surface area contributed by atoms with Gasteiger partial charge < -0.3 is 9.84 Å². The van der Waals surface area contributed by atoms with Crippen LogP contribution in [-0.4, -0.2) is 29.2 Å². The van der Waals surface area contributed by atoms with Gasteiger partial charge in [-0.3, -0.25) is 10.1 Å². The minimum Gasteiger partial charge on any atom is -0.481 e. The Bertz CT molecular complexity index is 585. The number of alkyl halides is 2. The molecule has 0 bridgehead atoms. The van der Waals surface area contributed by atoms with Gasteiger partial charge in [-0.15, -0.1) is 0 Å². The number of ether oxygens (including phenoxy) is 1. The lowest BCUT2D eigenvalue weighted by molar-refractivity contribution is -0.138. The fourth-order valence-electron chi connectivity index (χ4n) is 1.89. The zero-order valence-electron chi connectivity index (χ0n) is 12.9. The molecule has 8 heteroatoms. The highest BCUT2D eigenvalue weighted by Crippen LogP contribution is 2.33. The first-order valence-electron chi connectivity index (χ1n) is 6.79. The average molecular weight is 333 g/mol. The van der Waals surface area contributed by atoms with Crippen LogP contribution in [0.25, 0.3) is 0 Å². The van der Waals surface area contributed by atoms with E-state index in [1.165, 1.54) is 0 Å². The summed E-state index contributed by atoms with van der Waals surface area (Å²) < 4.78 is 44.7. The summed E-state index contributed by atoms with van der Waals surface area (Å²) in [5.41, 5.74) is -1.23. The Labute approximate surface area is 131 Å². The molecule has 0 heterocycles. The van der Waals surface area contributed by atoms with Crippen molar-refractivity contribution in [3.8, 4) is 0 Å². The van der Waals surface area contributed by atoms with Crippen molar-refractivity contribution in [3.05, 3.63) is 29.6 Å². The second-order valence-electron chi connectivity index (χ2n) is 5.90. The van der Waals surface area contributed by atoms with Crippen LogP contribution < -0.4 is 5.32 Å². The first-order chi connectivity index (χ1) is 10.5. The minimum absolute atomic E-state index is 0.118. The van der Waals surface area contributed by atoms with E-state index >= 15 is 0 Å². The van der Waals surface area contributed by atoms with Gasteiger partial charge in [0, 0.05) is 5.69 Å². The third-order valence-corrected chi connectivity index (χ3v) is 2.75. The van der Waals surface area contributed by atoms with Gasteiger partial charge >= 0.3 is 12.1 Å². The Morgan fingerprint density at radius 1 is 1.30 bits per heavy atom. The quantitative estimate of drug-likeness (QED) is 0.854. The number of carboxylic acid groups (broad SMARTS) is 1. The van der Waals surface area contributed by atoms with Crippen LogP contribution in [0.4, 0.5) is 23.7 Å². The van der Waals surface area contributed by atoms with E-state index in [0.717, 1.165) is 18.2 Å². The molecule has 0 aliphatic rings. The summed E-state index contributed by atoms with van der Waals surface area (Å²) in [5, 5.41) is 11.0. The van der Waals surface area contributed by atoms with Gasteiger partial charge in [-0.2, -0.15) is 0 Å². The molecular formula is C15H18F3NO4. The largest absolute Gasteiger partial charge is 0.481 e. The van der Waals surface area contributed by atoms with Gasteiger partial charge in [-0.05, 0) is 44.5 Å². The standard InChI is InChI=1S/C15H18F3NO4/c1-15(2,3)23-14(22)19-11-5-4-8(16)6-9(11)10(13(17)18)7-12(20)21/h4-6,10,13H,7H2,1-3H3,(H,19,22)(H,20,21). The molecule has 1 unspecified atom stereocenters. The summed E-state index contributed by atoms with van der Waals surface area (Å²) in [6, 6.07) is 2.85. The van der Waals surface area contributed by atoms with Crippen molar-refractivity contribution in [2.24, 2.45) is 0 Å². The van der Waals surface area contributed by atoms with Crippen molar-refractivity contribution >= 4 is 17.7 Å². The van der Waals surface area contributed by atoms with Crippen LogP contribution >= 0.6 is 0 Å². The van der Waals surface area contributed by atoms with Crippen LogP contribution in [0.5, 0.6) is 0 Å². The lowest BCUT2D eigenvalue weighted by atomic mass is 9.94. The smallest absolute Gasteiger partial charge is 0.412 e. The minimum atomic E-state index is -3.04. The van der Waals surface area contributed by atoms with E-state index in [1.54, 1.807) is 20.8 Å². The van der Waals surface area contributed by atoms with Crippen LogP contribution in [0, 0.1) is 5.82 Å². The molecule has 1 amide bonds. The molecule has 0 saturated heterocycles. The molecular weight excluding hydrogens is 315 g/mol. The molecule has 5 nitrogen and oxygen atoms in total. The summed E-state index contributed by atoms with van der Waals surface area (Å²) in [6.07, 6.45) is -4.84. The number of benzene rings is 1. The number of rotatable bonds is 5. The van der Waals surface area contributed by atoms with Crippen molar-refractivity contribution in [1.82, 2.24) is 0 Å². The van der Waals surface area contributed by atoms with Crippen LogP contribution in [0.1, 0.15) is 38.7 Å². The summed E-state index contributed by atoms with van der Waals surface area (Å²) in [6.45, 7) is 4.85. The number of amides is 1. The lowest BCUT2D eigenvalue weighted by Crippen LogP contribution is -2.28. The summed E-state index contributed by atoms with van der Waals surface area (Å²) >= 11 is 0. The van der Waals surface area contributed by atoms with Crippen LogP contribution in [-0.2, 0) is 9.53 Å². The fourth-order valence-corrected chi connectivity index (χ4v) is 1.89. The average Bonchev–Trinajstić information content (AvgIpc) is 2.35. The van der Waals surface area contributed by atoms with Gasteiger partial charge in [0.25, 0.3) is 0 Å². The molecule has 0 saturated carbocycles. The molecule has 1 rings (SSSR count). The van der Waals surface area contributed by atoms with Gasteiger partial charge in [0.05, 0.1) is 12.3 Å². The zero-order valence-corrected chi connectivity index (χ0v) is 12.9. The number of carbonyl (C=O) groups is 2. The van der Waals surface area contributed by atoms with E-state index in [-0.39, 0.29) is 11.3 Å². The monoisotopic (exact) mass is 333 g/mol. The number of halogens is 3. The molecule has 0 spiro atoms. The molecule has 1 atom stereocenters. The summed E-state index contributed by atoms with van der Waals surface area (Å²) in [4.78, 5) is 22.5. The van der Waals surface area contributed by atoms with Crippen molar-refractivity contribution in [1.29, 1.82) is 0 Å². The Balaban J connectivity index is 3.13. The highest BCUT2D eigenvalue weighted by molar-refractivity contribution is 5.86. The van der Waals surface area contributed by atoms with Gasteiger partial charge in [-0.1, -0.05) is 0 Å². The number of carboxylic acids is 1. The predicted molar refractivity (Wildman–Crippen MR) is 77.3 cm³/mol. The highest BCUT2D eigenvalue weighted by Gasteiger charge is 2.29. The van der Waals surface area contributed by atoms with E-state index in [9.17, 15) is 22.8 Å². The van der Waals surface area contributed by atoms with Crippen molar-refractivity contribution in [2.45, 2.75) is 45.1 Å². The number of hydrogen-bond donors (Lipinski definition) is 2. The molecule has 1 aromatic rings. The molecule has 23 heavy (non-hydrogen) atoms. The second-order valence-corrected chi connectivity index (χ2v) is 5.90. The van der Waals surface area contributed by atoms with Gasteiger partial charge in [0.2, 0.25) is 6.43 Å². The van der Waals surface area contributed by atoms with E-state index in [0.29, 0.717) is 0 Å². The molecule has 2 N–H and O–H groups in total. The molecule has 0 aliphatic carbocycles. The van der Waals surface area contributed by atoms with Crippen molar-refractivity contribution < 1.29 is 32.6 Å². The first-order valence-corrected chi connectivity index (χ1v) is 6.79. The third-order valence-electron chi connectivity index (χ3n) is 2.75. The van der Waals surface area contributed by atoms with E-state index < -0.39 is 42.2 Å². The second kappa shape index (κ2) is 7.34. The third kappa shape index (κ3) is 6.17. The highest BCUT2D eigenvalue weighted by atomic mass is 19.3. The van der Waals surface area contributed by atoms with Crippen LogP contribution in [0.15, 0.2) is 18.2 Å². The van der Waals surface area contributed by atoms with Crippen LogP contribution in [0.3, 0.4) is 0 Å². The van der Waals surface area contributed by atoms with Gasteiger partial charge in [-0.25, -0.2) is 18.0 Å². The molecule has 0 fully saturated rings. The Kier molecular flexibility index (Phi) is 6.00. The Hall–Kier alpha value is -2.25. The topological polar surface area (TPSA) is 75.6 Å².